The number of nitrogen functional groups attached to an aromatic ring is 1. The Morgan fingerprint density at radius 1 is 0.528 bits per heavy atom. The number of aliphatic imine (C=N–C) groups is 1. The molecule has 5 aromatic heterocycles. The first-order valence-electron chi connectivity index (χ1n) is 37.6. The SMILES string of the molecule is C.C[O-].Cc1cc(C)cc(CC(N)=S)c1.Cc1cc(C)cc(N(C)c2nc(-c3cc4cccc(Cl)c4oc3=O)cs2)c1.Cc1cc(C)cc(N)c1.Cc1cc(C)cc(NC(=S)NC(=O)c2ccccc2)c1.Cc1cc(C)cc(Nc2nc(-c3cc4cccc(Cl)c4oc3=O)cs2)c1.O=C(CBr)c1cc2cccc(Cl)c2oc1=O.O=C(N=C=S)c1ccccc1.[Na+]. The van der Waals surface area contributed by atoms with E-state index in [-0.39, 0.29) is 65.5 Å². The van der Waals surface area contributed by atoms with Crippen LogP contribution in [-0.2, 0) is 6.42 Å². The zero-order chi connectivity index (χ0) is 89.7. The van der Waals surface area contributed by atoms with Crippen LogP contribution in [0.25, 0.3) is 55.4 Å². The molecule has 0 atom stereocenters. The van der Waals surface area contributed by atoms with Crippen molar-refractivity contribution in [2.75, 3.05) is 40.8 Å². The maximum absolute atomic E-state index is 12.4. The number of hydrogen-bond acceptors (Lipinski definition) is 20. The predicted molar refractivity (Wildman–Crippen MR) is 527 cm³/mol. The molecule has 125 heavy (non-hydrogen) atoms. The Morgan fingerprint density at radius 2 is 0.928 bits per heavy atom. The molecule has 638 valence electrons. The summed E-state index contributed by atoms with van der Waals surface area (Å²) in [5, 5.41) is 28.2. The molecule has 15 rings (SSSR count). The molecule has 19 nitrogen and oxygen atoms in total. The summed E-state index contributed by atoms with van der Waals surface area (Å²) < 4.78 is 15.8. The minimum atomic E-state index is -0.662. The van der Waals surface area contributed by atoms with Crippen LogP contribution in [0.5, 0.6) is 0 Å². The smallest absolute Gasteiger partial charge is 0.857 e. The summed E-state index contributed by atoms with van der Waals surface area (Å²) in [6, 6.07) is 69.6. The summed E-state index contributed by atoms with van der Waals surface area (Å²) >= 11 is 38.3. The van der Waals surface area contributed by atoms with E-state index in [0.717, 1.165) is 62.0 Å². The Hall–Kier alpha value is -10.8. The molecule has 5 heterocycles. The normalized spacial score (nSPS) is 10.1. The average Bonchev–Trinajstić information content (AvgIpc) is 1.79. The van der Waals surface area contributed by atoms with E-state index in [1.165, 1.54) is 78.8 Å². The first kappa shape index (κ1) is 103. The van der Waals surface area contributed by atoms with Crippen LogP contribution in [0.4, 0.5) is 33.0 Å². The van der Waals surface area contributed by atoms with E-state index in [9.17, 15) is 28.8 Å². The van der Waals surface area contributed by atoms with Gasteiger partial charge in [0.15, 0.2) is 37.9 Å². The quantitative estimate of drug-likeness (QED) is 0.0136. The van der Waals surface area contributed by atoms with Crippen molar-refractivity contribution in [2.24, 2.45) is 10.7 Å². The molecular weight excluding hydrogens is 1810 g/mol. The van der Waals surface area contributed by atoms with Gasteiger partial charge in [-0.15, -0.1) is 22.7 Å². The summed E-state index contributed by atoms with van der Waals surface area (Å²) in [5.74, 6) is -0.872. The van der Waals surface area contributed by atoms with Crippen LogP contribution >= 0.6 is 110 Å². The molecule has 0 radical (unpaired) electrons. The van der Waals surface area contributed by atoms with Gasteiger partial charge in [0.1, 0.15) is 5.56 Å². The number of isothiocyanates is 1. The van der Waals surface area contributed by atoms with Crippen molar-refractivity contribution in [3.05, 3.63) is 359 Å². The predicted octanol–water partition coefficient (Wildman–Crippen LogP) is 20.9. The number of aromatic nitrogens is 2. The number of halogens is 4. The molecule has 0 aliphatic carbocycles. The zero-order valence-electron chi connectivity index (χ0n) is 70.0. The van der Waals surface area contributed by atoms with E-state index >= 15 is 0 Å². The Kier molecular flexibility index (Phi) is 41.5. The minimum Gasteiger partial charge on any atom is -0.857 e. The largest absolute Gasteiger partial charge is 1.00 e. The number of thiocarbonyl (C=S) groups is 3. The summed E-state index contributed by atoms with van der Waals surface area (Å²) in [4.78, 5) is 85.7. The van der Waals surface area contributed by atoms with Crippen molar-refractivity contribution in [3.8, 4) is 22.5 Å². The van der Waals surface area contributed by atoms with Crippen LogP contribution in [0.1, 0.15) is 99.7 Å². The van der Waals surface area contributed by atoms with Crippen molar-refractivity contribution in [1.82, 2.24) is 15.3 Å². The molecule has 29 heteroatoms. The second-order valence-corrected chi connectivity index (χ2v) is 32.5. The van der Waals surface area contributed by atoms with E-state index in [1.807, 2.05) is 128 Å². The molecule has 0 bridgehead atoms. The van der Waals surface area contributed by atoms with Gasteiger partial charge in [-0.1, -0.05) is 197 Å². The fourth-order valence-electron chi connectivity index (χ4n) is 12.4. The second kappa shape index (κ2) is 50.4. The van der Waals surface area contributed by atoms with Gasteiger partial charge >= 0.3 is 46.4 Å². The Labute approximate surface area is 795 Å². The number of alkyl halides is 1. The number of amides is 2. The van der Waals surface area contributed by atoms with E-state index < -0.39 is 16.9 Å². The van der Waals surface area contributed by atoms with Gasteiger partial charge < -0.3 is 45.4 Å². The number of ketones is 1. The van der Waals surface area contributed by atoms with Crippen LogP contribution in [0.3, 0.4) is 0 Å². The molecule has 0 saturated carbocycles. The van der Waals surface area contributed by atoms with Gasteiger partial charge in [0.05, 0.1) is 53.1 Å². The molecule has 7 N–H and O–H groups in total. The van der Waals surface area contributed by atoms with Gasteiger partial charge in [0.25, 0.3) is 11.8 Å². The van der Waals surface area contributed by atoms with E-state index in [0.29, 0.717) is 87.4 Å². The van der Waals surface area contributed by atoms with Gasteiger partial charge in [0.2, 0.25) is 0 Å². The van der Waals surface area contributed by atoms with Crippen molar-refractivity contribution in [1.29, 1.82) is 0 Å². The van der Waals surface area contributed by atoms with E-state index in [2.05, 4.69) is 167 Å². The first-order valence-corrected chi connectivity index (χ1v) is 42.8. The van der Waals surface area contributed by atoms with E-state index in [1.54, 1.807) is 78.9 Å². The van der Waals surface area contributed by atoms with Crippen LogP contribution in [0, 0.1) is 69.2 Å². The fourth-order valence-corrected chi connectivity index (χ4v) is 15.4. The van der Waals surface area contributed by atoms with E-state index in [4.69, 9.17) is 89.1 Å². The molecule has 0 fully saturated rings. The number of carbonyl (C=O) groups excluding carboxylic acids is 3. The van der Waals surface area contributed by atoms with Crippen LogP contribution in [0.2, 0.25) is 15.1 Å². The van der Waals surface area contributed by atoms with Gasteiger partial charge in [-0.25, -0.2) is 24.4 Å². The van der Waals surface area contributed by atoms with Gasteiger partial charge in [-0.3, -0.25) is 19.7 Å². The molecule has 0 saturated heterocycles. The number of anilines is 6. The molecule has 15 aromatic rings. The summed E-state index contributed by atoms with van der Waals surface area (Å²) in [7, 11) is 2.72. The summed E-state index contributed by atoms with van der Waals surface area (Å²) in [6.45, 7) is 20.5. The Bertz CT molecular complexity index is 6430. The second-order valence-electron chi connectivity index (χ2n) is 27.9. The van der Waals surface area contributed by atoms with Gasteiger partial charge in [-0.2, -0.15) is 12.1 Å². The number of nitrogens with two attached hydrogens (primary N) is 2. The third-order valence-corrected chi connectivity index (χ3v) is 20.8. The van der Waals surface area contributed by atoms with Gasteiger partial charge in [0, 0.05) is 74.3 Å². The number of thiazole rings is 2. The molecule has 10 aromatic carbocycles. The number of rotatable bonds is 13. The monoisotopic (exact) mass is 1900 g/mol. The molecular formula is C96H90BrCl3N9NaO10S5. The number of carbonyl (C=O) groups is 3. The summed E-state index contributed by atoms with van der Waals surface area (Å²) in [6.07, 6.45) is 0.706. The Balaban J connectivity index is 0.000000231. The van der Waals surface area contributed by atoms with Crippen molar-refractivity contribution in [3.63, 3.8) is 0 Å². The number of nitrogens with zero attached hydrogens (tertiary/aromatic N) is 4. The number of nitrogens with one attached hydrogen (secondary N) is 3. The van der Waals surface area contributed by atoms with Crippen molar-refractivity contribution < 1.29 is 62.3 Å². The standard InChI is InChI=1S/C21H17ClN2O2S.C20H15ClN2O2S.C16H16N2OS.C11H6BrClO3.C10H13NS.C8H5NOS.C8H11N.CH3O.CH4.Na/c1-12-7-13(2)9-15(8-12)24(3)21-23-18(11-27-21)16-10-14-5-4-6-17(22)19(14)26-20(16)25;1-11-6-12(2)8-14(7-11)22-20-23-17(10-26-20)15-9-13-4-3-5-16(21)18(13)25-19(15)24;1-11-8-12(2)10-14(9-11)17-16(20)18-15(19)13-6-4-3-5-7-13;12-5-9(14)7-4-6-2-1-3-8(13)10(6)16-11(7)15;1-7-3-8(2)5-9(4-7)6-10(11)12;10-8(9-6-11)7-4-2-1-3-5-7;1-6-3-7(2)5-8(9)4-6;1-2;;/h4-11H,1-3H3;3-10H,1-2H3,(H,22,23);3-10H,1-2H3,(H2,17,18,19,20);1-4H,5H2;3-5H,6H2,1-2H3,(H2,11,12);1-5H;3-5H,9H2,1-2H3;1H3;1H4;/q;;;;;;;-1;;+1. The number of aryl methyl sites for hydroxylation is 10. The minimum absolute atomic E-state index is 0. The van der Waals surface area contributed by atoms with Crippen molar-refractivity contribution >= 4 is 209 Å². The number of para-hydroxylation sites is 3. The topological polar surface area (TPSA) is 294 Å². The average molecular weight is 1900 g/mol. The first-order chi connectivity index (χ1) is 58.7. The molecule has 2 amide bonds. The van der Waals surface area contributed by atoms with Crippen LogP contribution in [-0.4, -0.2) is 62.3 Å². The number of fused-ring (bicyclic) bond motifs is 3. The van der Waals surface area contributed by atoms with Gasteiger partial charge in [-0.05, 0) is 253 Å². The van der Waals surface area contributed by atoms with Crippen LogP contribution in [0.15, 0.2) is 268 Å². The molecule has 0 aliphatic rings. The molecule has 0 spiro atoms. The number of benzene rings is 10. The van der Waals surface area contributed by atoms with Crippen molar-refractivity contribution in [2.45, 2.75) is 83.1 Å². The third-order valence-electron chi connectivity index (χ3n) is 17.3. The van der Waals surface area contributed by atoms with Crippen LogP contribution < -0.4 is 83.9 Å². The third kappa shape index (κ3) is 31.7. The Morgan fingerprint density at radius 3 is 1.37 bits per heavy atom. The fraction of sp³-hybridized carbons (Fsp3) is 0.156. The number of hydrogen-bond donors (Lipinski definition) is 5. The molecule has 0 unspecified atom stereocenters. The molecule has 0 aliphatic heterocycles. The maximum atomic E-state index is 12.4. The maximum Gasteiger partial charge on any atom is 1.00 e. The zero-order valence-corrected chi connectivity index (χ0v) is 79.9. The summed E-state index contributed by atoms with van der Waals surface area (Å²) in [5.41, 5.74) is 30.7. The number of Topliss-reactive ketones (excluding diaryl/α,β-unsaturated/α-hetero) is 1.